The summed E-state index contributed by atoms with van der Waals surface area (Å²) in [5.74, 6) is 2.12. The van der Waals surface area contributed by atoms with E-state index in [2.05, 4.69) is 15.6 Å². The summed E-state index contributed by atoms with van der Waals surface area (Å²) in [5, 5.41) is 6.50. The van der Waals surface area contributed by atoms with Gasteiger partial charge in [-0.1, -0.05) is 0 Å². The zero-order chi connectivity index (χ0) is 21.6. The minimum atomic E-state index is 0.0592. The summed E-state index contributed by atoms with van der Waals surface area (Å²) in [7, 11) is 5.14. The van der Waals surface area contributed by atoms with Crippen LogP contribution in [-0.2, 0) is 14.3 Å². The van der Waals surface area contributed by atoms with Crippen molar-refractivity contribution in [3.63, 3.8) is 0 Å². The second-order valence-electron chi connectivity index (χ2n) is 6.99. The molecule has 0 saturated carbocycles. The first kappa shape index (κ1) is 23.8. The molecular formula is C21H34N4O5. The van der Waals surface area contributed by atoms with Gasteiger partial charge in [0.25, 0.3) is 0 Å². The molecule has 0 aliphatic carbocycles. The number of anilines is 1. The molecule has 1 amide bonds. The van der Waals surface area contributed by atoms with Gasteiger partial charge >= 0.3 is 0 Å². The van der Waals surface area contributed by atoms with Crippen LogP contribution in [0.3, 0.4) is 0 Å². The highest BCUT2D eigenvalue weighted by Gasteiger charge is 2.12. The summed E-state index contributed by atoms with van der Waals surface area (Å²) >= 11 is 0. The number of hydrogen-bond donors (Lipinski definition) is 2. The third kappa shape index (κ3) is 8.87. The number of hydrogen-bond acceptors (Lipinski definition) is 6. The highest BCUT2D eigenvalue weighted by Crippen LogP contribution is 2.32. The number of aliphatic imine (C=N–C) groups is 1. The molecule has 9 nitrogen and oxygen atoms in total. The number of methoxy groups -OCH3 is 1. The lowest BCUT2D eigenvalue weighted by Gasteiger charge is -2.15. The quantitative estimate of drug-likeness (QED) is 0.319. The molecule has 0 saturated heterocycles. The molecule has 168 valence electrons. The average Bonchev–Trinajstić information content (AvgIpc) is 2.97. The van der Waals surface area contributed by atoms with Crippen LogP contribution in [0.25, 0.3) is 0 Å². The van der Waals surface area contributed by atoms with E-state index < -0.39 is 0 Å². The molecule has 1 heterocycles. The Morgan fingerprint density at radius 2 is 1.97 bits per heavy atom. The Morgan fingerprint density at radius 3 is 2.73 bits per heavy atom. The van der Waals surface area contributed by atoms with Crippen LogP contribution in [0, 0.1) is 0 Å². The Morgan fingerprint density at radius 1 is 1.17 bits per heavy atom. The van der Waals surface area contributed by atoms with Crippen molar-refractivity contribution in [1.29, 1.82) is 0 Å². The number of benzene rings is 1. The van der Waals surface area contributed by atoms with Crippen molar-refractivity contribution >= 4 is 17.6 Å². The number of ether oxygens (including phenoxy) is 4. The SMILES string of the molecule is COCCOCCCN=C(NCCC(=O)N(C)C)Nc1ccc2c(c1)OCCCO2. The molecule has 0 spiro atoms. The van der Waals surface area contributed by atoms with Gasteiger partial charge < -0.3 is 34.5 Å². The van der Waals surface area contributed by atoms with Gasteiger partial charge in [0, 0.05) is 65.5 Å². The molecule has 0 bridgehead atoms. The first-order valence-corrected chi connectivity index (χ1v) is 10.3. The van der Waals surface area contributed by atoms with Gasteiger partial charge in [-0.25, -0.2) is 0 Å². The highest BCUT2D eigenvalue weighted by atomic mass is 16.5. The van der Waals surface area contributed by atoms with Crippen LogP contribution in [0.2, 0.25) is 0 Å². The Kier molecular flexibility index (Phi) is 10.8. The van der Waals surface area contributed by atoms with Gasteiger partial charge in [-0.05, 0) is 18.6 Å². The molecule has 1 aromatic rings. The van der Waals surface area contributed by atoms with E-state index in [0.717, 1.165) is 24.3 Å². The Labute approximate surface area is 178 Å². The van der Waals surface area contributed by atoms with E-state index in [1.165, 1.54) is 0 Å². The average molecular weight is 423 g/mol. The summed E-state index contributed by atoms with van der Waals surface area (Å²) in [6.45, 7) is 4.14. The summed E-state index contributed by atoms with van der Waals surface area (Å²) in [6, 6.07) is 5.71. The second-order valence-corrected chi connectivity index (χ2v) is 6.99. The molecule has 9 heteroatoms. The number of nitrogens with one attached hydrogen (secondary N) is 2. The van der Waals surface area contributed by atoms with E-state index in [9.17, 15) is 4.79 Å². The minimum absolute atomic E-state index is 0.0592. The molecule has 1 aromatic carbocycles. The van der Waals surface area contributed by atoms with Crippen LogP contribution in [0.5, 0.6) is 11.5 Å². The molecule has 2 N–H and O–H groups in total. The summed E-state index contributed by atoms with van der Waals surface area (Å²) in [4.78, 5) is 18.0. The van der Waals surface area contributed by atoms with Crippen molar-refractivity contribution < 1.29 is 23.7 Å². The lowest BCUT2D eigenvalue weighted by molar-refractivity contribution is -0.128. The monoisotopic (exact) mass is 422 g/mol. The molecule has 0 atom stereocenters. The number of rotatable bonds is 11. The molecule has 0 radical (unpaired) electrons. The predicted octanol–water partition coefficient (Wildman–Crippen LogP) is 1.74. The van der Waals surface area contributed by atoms with Gasteiger partial charge in [0.15, 0.2) is 17.5 Å². The maximum absolute atomic E-state index is 11.8. The van der Waals surface area contributed by atoms with Crippen LogP contribution in [0.4, 0.5) is 5.69 Å². The molecule has 30 heavy (non-hydrogen) atoms. The molecule has 1 aliphatic rings. The standard InChI is InChI=1S/C21H34N4O5/c1-25(2)20(26)8-10-23-21(22-9-4-11-28-15-14-27-3)24-17-6-7-18-19(16-17)30-13-5-12-29-18/h6-7,16H,4-5,8-15H2,1-3H3,(H2,22,23,24). The van der Waals surface area contributed by atoms with Gasteiger partial charge in [0.05, 0.1) is 26.4 Å². The van der Waals surface area contributed by atoms with E-state index in [4.69, 9.17) is 18.9 Å². The molecule has 0 unspecified atom stereocenters. The lowest BCUT2D eigenvalue weighted by atomic mass is 10.2. The van der Waals surface area contributed by atoms with Crippen molar-refractivity contribution in [1.82, 2.24) is 10.2 Å². The first-order valence-electron chi connectivity index (χ1n) is 10.3. The Hall–Kier alpha value is -2.52. The van der Waals surface area contributed by atoms with Crippen molar-refractivity contribution in [3.05, 3.63) is 18.2 Å². The van der Waals surface area contributed by atoms with Crippen molar-refractivity contribution in [2.75, 3.05) is 72.6 Å². The largest absolute Gasteiger partial charge is 0.490 e. The smallest absolute Gasteiger partial charge is 0.223 e. The predicted molar refractivity (Wildman–Crippen MR) is 117 cm³/mol. The number of fused-ring (bicyclic) bond motifs is 1. The van der Waals surface area contributed by atoms with Crippen molar-refractivity contribution in [2.24, 2.45) is 4.99 Å². The zero-order valence-electron chi connectivity index (χ0n) is 18.2. The summed E-state index contributed by atoms with van der Waals surface area (Å²) in [5.41, 5.74) is 0.834. The van der Waals surface area contributed by atoms with Gasteiger partial charge in [-0.3, -0.25) is 9.79 Å². The normalized spacial score (nSPS) is 13.5. The van der Waals surface area contributed by atoms with Crippen molar-refractivity contribution in [2.45, 2.75) is 19.3 Å². The fourth-order valence-corrected chi connectivity index (χ4v) is 2.63. The molecule has 0 fully saturated rings. The van der Waals surface area contributed by atoms with Crippen molar-refractivity contribution in [3.8, 4) is 11.5 Å². The molecular weight excluding hydrogens is 388 g/mol. The van der Waals surface area contributed by atoms with Gasteiger partial charge in [0.2, 0.25) is 5.91 Å². The fourth-order valence-electron chi connectivity index (χ4n) is 2.63. The molecule has 0 aromatic heterocycles. The van der Waals surface area contributed by atoms with E-state index >= 15 is 0 Å². The fraction of sp³-hybridized carbons (Fsp3) is 0.619. The number of carbonyl (C=O) groups is 1. The number of guanidine groups is 1. The van der Waals surface area contributed by atoms with Gasteiger partial charge in [0.1, 0.15) is 0 Å². The van der Waals surface area contributed by atoms with E-state index in [1.54, 1.807) is 26.1 Å². The summed E-state index contributed by atoms with van der Waals surface area (Å²) < 4.78 is 21.9. The Bertz CT molecular complexity index is 681. The maximum atomic E-state index is 11.8. The summed E-state index contributed by atoms with van der Waals surface area (Å²) in [6.07, 6.45) is 2.03. The minimum Gasteiger partial charge on any atom is -0.490 e. The van der Waals surface area contributed by atoms with Crippen LogP contribution in [0.15, 0.2) is 23.2 Å². The van der Waals surface area contributed by atoms with Crippen LogP contribution < -0.4 is 20.1 Å². The second kappa shape index (κ2) is 13.7. The topological polar surface area (TPSA) is 93.7 Å². The van der Waals surface area contributed by atoms with Gasteiger partial charge in [-0.15, -0.1) is 0 Å². The number of carbonyl (C=O) groups excluding carboxylic acids is 1. The third-order valence-corrected chi connectivity index (χ3v) is 4.29. The van der Waals surface area contributed by atoms with Crippen LogP contribution >= 0.6 is 0 Å². The third-order valence-electron chi connectivity index (χ3n) is 4.29. The van der Waals surface area contributed by atoms with Crippen LogP contribution in [0.1, 0.15) is 19.3 Å². The van der Waals surface area contributed by atoms with Gasteiger partial charge in [-0.2, -0.15) is 0 Å². The van der Waals surface area contributed by atoms with E-state index in [-0.39, 0.29) is 5.91 Å². The first-order chi connectivity index (χ1) is 14.6. The Balaban J connectivity index is 1.93. The zero-order valence-corrected chi connectivity index (χ0v) is 18.2. The van der Waals surface area contributed by atoms with E-state index in [1.807, 2.05) is 18.2 Å². The van der Waals surface area contributed by atoms with Crippen LogP contribution in [-0.4, -0.2) is 84.1 Å². The van der Waals surface area contributed by atoms with E-state index in [0.29, 0.717) is 64.3 Å². The number of nitrogens with zero attached hydrogens (tertiary/aromatic N) is 2. The molecule has 1 aliphatic heterocycles. The highest BCUT2D eigenvalue weighted by molar-refractivity contribution is 5.94. The lowest BCUT2D eigenvalue weighted by Crippen LogP contribution is -2.34. The number of amides is 1. The maximum Gasteiger partial charge on any atom is 0.223 e. The molecule has 2 rings (SSSR count).